The standard InChI is InChI=1S/C18H18INO3/c1-3-13-8-10-14(11-9-13)20-17(21)12(2)23-18(22)15-6-4-5-7-16(15)19/h4-12H,3H2,1-2H3,(H,20,21)/t12-/m1/s1. The van der Waals surface area contributed by atoms with Gasteiger partial charge in [-0.25, -0.2) is 4.79 Å². The summed E-state index contributed by atoms with van der Waals surface area (Å²) < 4.78 is 6.03. The Labute approximate surface area is 149 Å². The Morgan fingerprint density at radius 3 is 2.39 bits per heavy atom. The van der Waals surface area contributed by atoms with Crippen LogP contribution in [0.2, 0.25) is 0 Å². The van der Waals surface area contributed by atoms with Gasteiger partial charge in [0.2, 0.25) is 0 Å². The van der Waals surface area contributed by atoms with Crippen molar-refractivity contribution in [2.24, 2.45) is 0 Å². The Bertz CT molecular complexity index is 698. The van der Waals surface area contributed by atoms with Crippen molar-refractivity contribution < 1.29 is 14.3 Å². The third-order valence-electron chi connectivity index (χ3n) is 3.38. The van der Waals surface area contributed by atoms with E-state index in [1.165, 1.54) is 5.56 Å². The summed E-state index contributed by atoms with van der Waals surface area (Å²) in [5, 5.41) is 2.75. The van der Waals surface area contributed by atoms with Crippen LogP contribution in [0, 0.1) is 3.57 Å². The molecule has 0 heterocycles. The summed E-state index contributed by atoms with van der Waals surface area (Å²) in [6.45, 7) is 3.63. The molecule has 2 rings (SSSR count). The normalized spacial score (nSPS) is 11.6. The number of ether oxygens (including phenoxy) is 1. The average Bonchev–Trinajstić information content (AvgIpc) is 2.55. The van der Waals surface area contributed by atoms with Gasteiger partial charge >= 0.3 is 5.97 Å². The molecule has 23 heavy (non-hydrogen) atoms. The van der Waals surface area contributed by atoms with Crippen molar-refractivity contribution in [2.45, 2.75) is 26.4 Å². The summed E-state index contributed by atoms with van der Waals surface area (Å²) in [7, 11) is 0. The van der Waals surface area contributed by atoms with Crippen molar-refractivity contribution in [1.29, 1.82) is 0 Å². The molecule has 0 saturated heterocycles. The van der Waals surface area contributed by atoms with Crippen molar-refractivity contribution in [2.75, 3.05) is 5.32 Å². The number of rotatable bonds is 5. The minimum absolute atomic E-state index is 0.353. The number of hydrogen-bond donors (Lipinski definition) is 1. The largest absolute Gasteiger partial charge is 0.449 e. The maximum absolute atomic E-state index is 12.1. The lowest BCUT2D eigenvalue weighted by Gasteiger charge is -2.14. The van der Waals surface area contributed by atoms with Crippen molar-refractivity contribution >= 4 is 40.2 Å². The van der Waals surface area contributed by atoms with Gasteiger partial charge in [-0.05, 0) is 65.8 Å². The van der Waals surface area contributed by atoms with Crippen LogP contribution in [0.25, 0.3) is 0 Å². The fourth-order valence-corrected chi connectivity index (χ4v) is 2.58. The van der Waals surface area contributed by atoms with Crippen LogP contribution in [0.5, 0.6) is 0 Å². The molecule has 2 aromatic rings. The number of esters is 1. The molecule has 0 unspecified atom stereocenters. The van der Waals surface area contributed by atoms with E-state index in [4.69, 9.17) is 4.74 Å². The van der Waals surface area contributed by atoms with Gasteiger partial charge in [0.15, 0.2) is 6.10 Å². The fraction of sp³-hybridized carbons (Fsp3) is 0.222. The first kappa shape index (κ1) is 17.5. The minimum atomic E-state index is -0.871. The molecule has 0 spiro atoms. The summed E-state index contributed by atoms with van der Waals surface area (Å²) in [6, 6.07) is 14.7. The Morgan fingerprint density at radius 2 is 1.78 bits per heavy atom. The Balaban J connectivity index is 1.96. The molecule has 0 aliphatic heterocycles. The predicted molar refractivity (Wildman–Crippen MR) is 98.5 cm³/mol. The molecular formula is C18H18INO3. The van der Waals surface area contributed by atoms with Crippen LogP contribution in [0.1, 0.15) is 29.8 Å². The monoisotopic (exact) mass is 423 g/mol. The van der Waals surface area contributed by atoms with Gasteiger partial charge in [-0.1, -0.05) is 31.2 Å². The number of nitrogens with one attached hydrogen (secondary N) is 1. The summed E-state index contributed by atoms with van der Waals surface area (Å²) in [6.07, 6.45) is 0.0714. The van der Waals surface area contributed by atoms with Crippen LogP contribution >= 0.6 is 22.6 Å². The lowest BCUT2D eigenvalue weighted by Crippen LogP contribution is -2.30. The lowest BCUT2D eigenvalue weighted by atomic mass is 10.1. The molecule has 0 bridgehead atoms. The molecule has 1 N–H and O–H groups in total. The summed E-state index contributed by atoms with van der Waals surface area (Å²) in [5.41, 5.74) is 2.34. The van der Waals surface area contributed by atoms with Gasteiger partial charge in [0.1, 0.15) is 0 Å². The highest BCUT2D eigenvalue weighted by Crippen LogP contribution is 2.15. The van der Waals surface area contributed by atoms with Crippen LogP contribution in [0.3, 0.4) is 0 Å². The third kappa shape index (κ3) is 4.79. The van der Waals surface area contributed by atoms with E-state index in [1.54, 1.807) is 19.1 Å². The maximum atomic E-state index is 12.1. The smallest absolute Gasteiger partial charge is 0.339 e. The first-order valence-electron chi connectivity index (χ1n) is 7.36. The van der Waals surface area contributed by atoms with Gasteiger partial charge < -0.3 is 10.1 Å². The van der Waals surface area contributed by atoms with E-state index in [0.717, 1.165) is 9.99 Å². The second-order valence-electron chi connectivity index (χ2n) is 5.07. The van der Waals surface area contributed by atoms with Crippen molar-refractivity contribution in [1.82, 2.24) is 0 Å². The van der Waals surface area contributed by atoms with E-state index in [9.17, 15) is 9.59 Å². The minimum Gasteiger partial charge on any atom is -0.449 e. The zero-order valence-corrected chi connectivity index (χ0v) is 15.2. The Hall–Kier alpha value is -1.89. The molecular weight excluding hydrogens is 405 g/mol. The van der Waals surface area contributed by atoms with Crippen molar-refractivity contribution in [3.05, 3.63) is 63.2 Å². The van der Waals surface area contributed by atoms with Crippen LogP contribution < -0.4 is 5.32 Å². The second kappa shape index (κ2) is 8.10. The predicted octanol–water partition coefficient (Wildman–Crippen LogP) is 4.04. The first-order chi connectivity index (χ1) is 11.0. The van der Waals surface area contributed by atoms with Gasteiger partial charge in [0.25, 0.3) is 5.91 Å². The molecule has 2 aromatic carbocycles. The zero-order chi connectivity index (χ0) is 16.8. The topological polar surface area (TPSA) is 55.4 Å². The fourth-order valence-electron chi connectivity index (χ4n) is 1.97. The number of aryl methyl sites for hydroxylation is 1. The number of benzene rings is 2. The number of amides is 1. The van der Waals surface area contributed by atoms with Crippen LogP contribution in [0.4, 0.5) is 5.69 Å². The van der Waals surface area contributed by atoms with E-state index in [1.807, 2.05) is 36.4 Å². The van der Waals surface area contributed by atoms with Crippen molar-refractivity contribution in [3.8, 4) is 0 Å². The van der Waals surface area contributed by atoms with E-state index in [0.29, 0.717) is 11.3 Å². The first-order valence-corrected chi connectivity index (χ1v) is 8.44. The number of hydrogen-bond acceptors (Lipinski definition) is 3. The van der Waals surface area contributed by atoms with E-state index < -0.39 is 12.1 Å². The van der Waals surface area contributed by atoms with Crippen molar-refractivity contribution in [3.63, 3.8) is 0 Å². The highest BCUT2D eigenvalue weighted by atomic mass is 127. The Morgan fingerprint density at radius 1 is 1.13 bits per heavy atom. The highest BCUT2D eigenvalue weighted by Gasteiger charge is 2.20. The molecule has 120 valence electrons. The molecule has 0 radical (unpaired) electrons. The summed E-state index contributed by atoms with van der Waals surface area (Å²) >= 11 is 2.06. The molecule has 4 nitrogen and oxygen atoms in total. The summed E-state index contributed by atoms with van der Waals surface area (Å²) in [4.78, 5) is 24.2. The molecule has 0 fully saturated rings. The number of carbonyl (C=O) groups excluding carboxylic acids is 2. The molecule has 1 atom stereocenters. The van der Waals surface area contributed by atoms with Gasteiger partial charge in [-0.2, -0.15) is 0 Å². The molecule has 0 aromatic heterocycles. The number of halogens is 1. The van der Waals surface area contributed by atoms with E-state index in [-0.39, 0.29) is 5.91 Å². The molecule has 0 aliphatic rings. The molecule has 1 amide bonds. The average molecular weight is 423 g/mol. The number of anilines is 1. The highest BCUT2D eigenvalue weighted by molar-refractivity contribution is 14.1. The Kier molecular flexibility index (Phi) is 6.15. The van der Waals surface area contributed by atoms with Gasteiger partial charge in [-0.15, -0.1) is 0 Å². The maximum Gasteiger partial charge on any atom is 0.339 e. The molecule has 0 aliphatic carbocycles. The van der Waals surface area contributed by atoms with Gasteiger partial charge in [0, 0.05) is 9.26 Å². The third-order valence-corrected chi connectivity index (χ3v) is 4.32. The zero-order valence-electron chi connectivity index (χ0n) is 13.0. The molecule has 5 heteroatoms. The molecule has 0 saturated carbocycles. The van der Waals surface area contributed by atoms with Gasteiger partial charge in [0.05, 0.1) is 5.56 Å². The lowest BCUT2D eigenvalue weighted by molar-refractivity contribution is -0.123. The summed E-state index contributed by atoms with van der Waals surface area (Å²) in [5.74, 6) is -0.854. The van der Waals surface area contributed by atoms with Crippen LogP contribution in [0.15, 0.2) is 48.5 Å². The SMILES string of the molecule is CCc1ccc(NC(=O)[C@@H](C)OC(=O)c2ccccc2I)cc1. The van der Waals surface area contributed by atoms with E-state index >= 15 is 0 Å². The number of carbonyl (C=O) groups is 2. The second-order valence-corrected chi connectivity index (χ2v) is 6.23. The van der Waals surface area contributed by atoms with E-state index in [2.05, 4.69) is 34.8 Å². The van der Waals surface area contributed by atoms with Crippen LogP contribution in [-0.4, -0.2) is 18.0 Å². The van der Waals surface area contributed by atoms with Gasteiger partial charge in [-0.3, -0.25) is 4.79 Å². The van der Waals surface area contributed by atoms with Crippen LogP contribution in [-0.2, 0) is 16.0 Å². The quantitative estimate of drug-likeness (QED) is 0.584.